The molecule has 1 N–H and O–H groups in total. The minimum atomic E-state index is -0.386. The van der Waals surface area contributed by atoms with E-state index < -0.39 is 0 Å². The van der Waals surface area contributed by atoms with E-state index in [1.54, 1.807) is 7.11 Å². The van der Waals surface area contributed by atoms with Crippen molar-refractivity contribution in [1.82, 2.24) is 0 Å². The van der Waals surface area contributed by atoms with Crippen LogP contribution in [-0.2, 0) is 9.47 Å². The molecule has 1 saturated heterocycles. The summed E-state index contributed by atoms with van der Waals surface area (Å²) in [7, 11) is 1.72. The summed E-state index contributed by atoms with van der Waals surface area (Å²) >= 11 is 0. The van der Waals surface area contributed by atoms with Gasteiger partial charge in [-0.3, -0.25) is 0 Å². The van der Waals surface area contributed by atoms with Crippen LogP contribution in [0.1, 0.15) is 65.7 Å². The Morgan fingerprint density at radius 3 is 2.40 bits per heavy atom. The Morgan fingerprint density at radius 2 is 1.85 bits per heavy atom. The van der Waals surface area contributed by atoms with Gasteiger partial charge in [0.2, 0.25) is 0 Å². The van der Waals surface area contributed by atoms with Gasteiger partial charge in [0.15, 0.2) is 0 Å². The lowest BCUT2D eigenvalue weighted by molar-refractivity contribution is -0.160. The number of rotatable bonds is 3. The molecule has 3 heteroatoms. The van der Waals surface area contributed by atoms with Crippen molar-refractivity contribution in [1.29, 1.82) is 0 Å². The van der Waals surface area contributed by atoms with E-state index in [0.29, 0.717) is 5.92 Å². The predicted octanol–water partition coefficient (Wildman–Crippen LogP) is 3.54. The minimum absolute atomic E-state index is 0.0355. The second-order valence-corrected chi connectivity index (χ2v) is 7.86. The average Bonchev–Trinajstić information content (AvgIpc) is 2.38. The summed E-state index contributed by atoms with van der Waals surface area (Å²) in [6, 6.07) is 0. The van der Waals surface area contributed by atoms with Crippen LogP contribution in [0, 0.1) is 11.3 Å². The normalized spacial score (nSPS) is 30.1. The molecule has 0 aromatic rings. The first kappa shape index (κ1) is 16.3. The van der Waals surface area contributed by atoms with E-state index in [4.69, 9.17) is 9.47 Å². The van der Waals surface area contributed by atoms with Crippen LogP contribution in [0.3, 0.4) is 0 Å². The van der Waals surface area contributed by atoms with Gasteiger partial charge in [-0.05, 0) is 37.0 Å². The quantitative estimate of drug-likeness (QED) is 0.861. The van der Waals surface area contributed by atoms with Crippen LogP contribution in [0.25, 0.3) is 0 Å². The average molecular weight is 284 g/mol. The monoisotopic (exact) mass is 284 g/mol. The zero-order valence-corrected chi connectivity index (χ0v) is 13.7. The van der Waals surface area contributed by atoms with Gasteiger partial charge in [-0.1, -0.05) is 40.0 Å². The first-order valence-corrected chi connectivity index (χ1v) is 8.23. The van der Waals surface area contributed by atoms with Gasteiger partial charge < -0.3 is 14.6 Å². The molecule has 1 saturated carbocycles. The lowest BCUT2D eigenvalue weighted by atomic mass is 9.71. The molecule has 0 bridgehead atoms. The van der Waals surface area contributed by atoms with E-state index in [9.17, 15) is 5.11 Å². The minimum Gasteiger partial charge on any atom is -0.390 e. The molecule has 3 unspecified atom stereocenters. The highest BCUT2D eigenvalue weighted by atomic mass is 16.5. The third-order valence-corrected chi connectivity index (χ3v) is 5.20. The SMILES string of the molecule is COC(C(O)C1CCOC2(CCCCC2)C1)C(C)(C)C. The third kappa shape index (κ3) is 3.55. The molecular formula is C17H32O3. The van der Waals surface area contributed by atoms with Crippen molar-refractivity contribution in [2.75, 3.05) is 13.7 Å². The molecule has 0 aromatic carbocycles. The maximum Gasteiger partial charge on any atom is 0.0880 e. The molecule has 1 heterocycles. The van der Waals surface area contributed by atoms with Crippen LogP contribution < -0.4 is 0 Å². The van der Waals surface area contributed by atoms with E-state index in [1.165, 1.54) is 32.1 Å². The topological polar surface area (TPSA) is 38.7 Å². The number of hydrogen-bond acceptors (Lipinski definition) is 3. The first-order valence-electron chi connectivity index (χ1n) is 8.23. The van der Waals surface area contributed by atoms with E-state index >= 15 is 0 Å². The number of aliphatic hydroxyl groups excluding tert-OH is 1. The van der Waals surface area contributed by atoms with Crippen LogP contribution in [-0.4, -0.2) is 36.6 Å². The third-order valence-electron chi connectivity index (χ3n) is 5.20. The summed E-state index contributed by atoms with van der Waals surface area (Å²) < 4.78 is 11.7. The van der Waals surface area contributed by atoms with Gasteiger partial charge in [0.25, 0.3) is 0 Å². The fourth-order valence-electron chi connectivity index (χ4n) is 4.15. The van der Waals surface area contributed by atoms with E-state index in [-0.39, 0.29) is 23.2 Å². The first-order chi connectivity index (χ1) is 9.38. The summed E-state index contributed by atoms with van der Waals surface area (Å²) in [5.41, 5.74) is 0.0184. The molecule has 3 nitrogen and oxygen atoms in total. The Morgan fingerprint density at radius 1 is 1.20 bits per heavy atom. The van der Waals surface area contributed by atoms with Crippen LogP contribution in [0.15, 0.2) is 0 Å². The molecule has 3 atom stereocenters. The molecular weight excluding hydrogens is 252 g/mol. The fraction of sp³-hybridized carbons (Fsp3) is 1.00. The molecule has 0 amide bonds. The molecule has 118 valence electrons. The largest absolute Gasteiger partial charge is 0.390 e. The molecule has 0 aromatic heterocycles. The van der Waals surface area contributed by atoms with Crippen LogP contribution in [0.5, 0.6) is 0 Å². The van der Waals surface area contributed by atoms with Gasteiger partial charge in [-0.2, -0.15) is 0 Å². The van der Waals surface area contributed by atoms with Gasteiger partial charge in [0.05, 0.1) is 17.8 Å². The van der Waals surface area contributed by atoms with Crippen LogP contribution in [0.2, 0.25) is 0 Å². The van der Waals surface area contributed by atoms with Crippen LogP contribution >= 0.6 is 0 Å². The number of ether oxygens (including phenoxy) is 2. The molecule has 0 radical (unpaired) electrons. The van der Waals surface area contributed by atoms with Crippen molar-refractivity contribution in [3.8, 4) is 0 Å². The summed E-state index contributed by atoms with van der Waals surface area (Å²) in [5.74, 6) is 0.311. The maximum absolute atomic E-state index is 10.8. The van der Waals surface area contributed by atoms with Crippen molar-refractivity contribution >= 4 is 0 Å². The Labute approximate surface area is 124 Å². The van der Waals surface area contributed by atoms with Crippen molar-refractivity contribution in [2.24, 2.45) is 11.3 Å². The summed E-state index contributed by atoms with van der Waals surface area (Å²) in [6.07, 6.45) is 7.69. The van der Waals surface area contributed by atoms with Crippen molar-refractivity contribution in [3.63, 3.8) is 0 Å². The van der Waals surface area contributed by atoms with Gasteiger partial charge in [0, 0.05) is 13.7 Å². The molecule has 2 fully saturated rings. The zero-order chi connectivity index (χ0) is 14.8. The smallest absolute Gasteiger partial charge is 0.0880 e. The predicted molar refractivity (Wildman–Crippen MR) is 80.8 cm³/mol. The highest BCUT2D eigenvalue weighted by molar-refractivity contribution is 4.94. The van der Waals surface area contributed by atoms with Gasteiger partial charge >= 0.3 is 0 Å². The summed E-state index contributed by atoms with van der Waals surface area (Å²) in [5, 5.41) is 10.8. The standard InChI is InChI=1S/C17H32O3/c1-16(2,3)15(19-4)14(18)13-8-11-20-17(12-13)9-6-5-7-10-17/h13-15,18H,5-12H2,1-4H3. The second kappa shape index (κ2) is 6.33. The van der Waals surface area contributed by atoms with E-state index in [2.05, 4.69) is 20.8 Å². The maximum atomic E-state index is 10.8. The molecule has 2 aliphatic rings. The zero-order valence-electron chi connectivity index (χ0n) is 13.7. The Kier molecular flexibility index (Phi) is 5.14. The van der Waals surface area contributed by atoms with Crippen molar-refractivity contribution in [2.45, 2.75) is 83.5 Å². The summed E-state index contributed by atoms with van der Waals surface area (Å²) in [6.45, 7) is 7.21. The Hall–Kier alpha value is -0.120. The molecule has 2 rings (SSSR count). The van der Waals surface area contributed by atoms with Crippen LogP contribution in [0.4, 0.5) is 0 Å². The van der Waals surface area contributed by atoms with Crippen molar-refractivity contribution in [3.05, 3.63) is 0 Å². The van der Waals surface area contributed by atoms with E-state index in [0.717, 1.165) is 19.4 Å². The Balaban J connectivity index is 2.04. The van der Waals surface area contributed by atoms with E-state index in [1.807, 2.05) is 0 Å². The second-order valence-electron chi connectivity index (χ2n) is 7.86. The fourth-order valence-corrected chi connectivity index (χ4v) is 4.15. The number of aliphatic hydroxyl groups is 1. The lowest BCUT2D eigenvalue weighted by Gasteiger charge is -2.46. The number of hydrogen-bond donors (Lipinski definition) is 1. The van der Waals surface area contributed by atoms with Gasteiger partial charge in [0.1, 0.15) is 0 Å². The van der Waals surface area contributed by atoms with Crippen molar-refractivity contribution < 1.29 is 14.6 Å². The highest BCUT2D eigenvalue weighted by Crippen LogP contribution is 2.43. The Bertz CT molecular complexity index is 296. The molecule has 20 heavy (non-hydrogen) atoms. The summed E-state index contributed by atoms with van der Waals surface area (Å²) in [4.78, 5) is 0. The highest BCUT2D eigenvalue weighted by Gasteiger charge is 2.44. The molecule has 1 aliphatic carbocycles. The van der Waals surface area contributed by atoms with Gasteiger partial charge in [-0.25, -0.2) is 0 Å². The molecule has 1 spiro atoms. The number of methoxy groups -OCH3 is 1. The van der Waals surface area contributed by atoms with Gasteiger partial charge in [-0.15, -0.1) is 0 Å². The molecule has 1 aliphatic heterocycles. The lowest BCUT2D eigenvalue weighted by Crippen LogP contribution is -2.50.